The fourth-order valence-corrected chi connectivity index (χ4v) is 2.87. The van der Waals surface area contributed by atoms with Crippen LogP contribution in [-0.4, -0.2) is 46.0 Å². The second-order valence-electron chi connectivity index (χ2n) is 5.44. The van der Waals surface area contributed by atoms with E-state index in [0.29, 0.717) is 5.95 Å². The van der Waals surface area contributed by atoms with Crippen LogP contribution in [0.1, 0.15) is 37.9 Å². The summed E-state index contributed by atoms with van der Waals surface area (Å²) in [6, 6.07) is 0. The maximum Gasteiger partial charge on any atom is 0.230 e. The highest BCUT2D eigenvalue weighted by Gasteiger charge is 2.18. The molecule has 2 N–H and O–H groups in total. The molecule has 6 nitrogen and oxygen atoms in total. The van der Waals surface area contributed by atoms with Crippen molar-refractivity contribution < 1.29 is 0 Å². The maximum atomic E-state index is 5.83. The van der Waals surface area contributed by atoms with Crippen LogP contribution in [0.4, 0.5) is 11.9 Å². The van der Waals surface area contributed by atoms with E-state index >= 15 is 0 Å². The first-order valence-electron chi connectivity index (χ1n) is 7.29. The van der Waals surface area contributed by atoms with Crippen molar-refractivity contribution in [2.24, 2.45) is 0 Å². The van der Waals surface area contributed by atoms with Crippen molar-refractivity contribution in [3.8, 4) is 0 Å². The molecule has 2 fully saturated rings. The Balaban J connectivity index is 1.74. The molecule has 0 aromatic carbocycles. The monoisotopic (exact) mass is 262 g/mol. The van der Waals surface area contributed by atoms with Gasteiger partial charge in [-0.25, -0.2) is 0 Å². The smallest absolute Gasteiger partial charge is 0.230 e. The van der Waals surface area contributed by atoms with Gasteiger partial charge in [-0.05, 0) is 45.2 Å². The van der Waals surface area contributed by atoms with E-state index in [2.05, 4.69) is 24.8 Å². The van der Waals surface area contributed by atoms with Gasteiger partial charge in [-0.1, -0.05) is 0 Å². The van der Waals surface area contributed by atoms with Crippen LogP contribution in [-0.2, 0) is 6.54 Å². The fourth-order valence-electron chi connectivity index (χ4n) is 2.87. The number of rotatable bonds is 3. The van der Waals surface area contributed by atoms with Crippen molar-refractivity contribution in [2.75, 3.05) is 36.8 Å². The minimum Gasteiger partial charge on any atom is -0.368 e. The quantitative estimate of drug-likeness (QED) is 0.877. The molecule has 1 aromatic rings. The van der Waals surface area contributed by atoms with Gasteiger partial charge >= 0.3 is 0 Å². The zero-order valence-corrected chi connectivity index (χ0v) is 11.4. The topological polar surface area (TPSA) is 71.2 Å². The average Bonchev–Trinajstić information content (AvgIpc) is 2.92. The summed E-state index contributed by atoms with van der Waals surface area (Å²) in [7, 11) is 0. The Hall–Kier alpha value is -1.43. The summed E-state index contributed by atoms with van der Waals surface area (Å²) in [6.45, 7) is 5.15. The van der Waals surface area contributed by atoms with E-state index in [0.717, 1.165) is 44.5 Å². The van der Waals surface area contributed by atoms with E-state index in [4.69, 9.17) is 5.73 Å². The van der Waals surface area contributed by atoms with Crippen molar-refractivity contribution in [1.82, 2.24) is 19.9 Å². The van der Waals surface area contributed by atoms with Gasteiger partial charge in [0, 0.05) is 13.1 Å². The number of likely N-dealkylation sites (tertiary alicyclic amines) is 1. The van der Waals surface area contributed by atoms with E-state index in [9.17, 15) is 0 Å². The average molecular weight is 262 g/mol. The largest absolute Gasteiger partial charge is 0.368 e. The summed E-state index contributed by atoms with van der Waals surface area (Å²) >= 11 is 0. The second kappa shape index (κ2) is 5.69. The highest BCUT2D eigenvalue weighted by molar-refractivity contribution is 5.35. The summed E-state index contributed by atoms with van der Waals surface area (Å²) < 4.78 is 0. The normalized spacial score (nSPS) is 20.9. The summed E-state index contributed by atoms with van der Waals surface area (Å²) in [6.07, 6.45) is 6.29. The minimum absolute atomic E-state index is 0.352. The molecule has 0 spiro atoms. The van der Waals surface area contributed by atoms with Gasteiger partial charge in [-0.3, -0.25) is 4.90 Å². The number of hydrogen-bond acceptors (Lipinski definition) is 6. The molecule has 0 unspecified atom stereocenters. The molecule has 0 bridgehead atoms. The molecule has 0 atom stereocenters. The van der Waals surface area contributed by atoms with E-state index in [1.807, 2.05) is 0 Å². The first-order valence-corrected chi connectivity index (χ1v) is 7.29. The number of nitrogens with two attached hydrogens (primary N) is 1. The van der Waals surface area contributed by atoms with Gasteiger partial charge < -0.3 is 10.6 Å². The molecule has 19 heavy (non-hydrogen) atoms. The van der Waals surface area contributed by atoms with Crippen LogP contribution in [0, 0.1) is 0 Å². The van der Waals surface area contributed by atoms with Gasteiger partial charge in [0.15, 0.2) is 0 Å². The van der Waals surface area contributed by atoms with Crippen molar-refractivity contribution >= 4 is 11.9 Å². The van der Waals surface area contributed by atoms with E-state index in [1.165, 1.54) is 32.1 Å². The van der Waals surface area contributed by atoms with Gasteiger partial charge in [-0.2, -0.15) is 15.0 Å². The predicted molar refractivity (Wildman–Crippen MR) is 74.8 cm³/mol. The molecule has 0 amide bonds. The number of aromatic nitrogens is 3. The number of nitrogens with zero attached hydrogens (tertiary/aromatic N) is 5. The number of nitrogen functional groups attached to an aromatic ring is 1. The fraction of sp³-hybridized carbons (Fsp3) is 0.769. The van der Waals surface area contributed by atoms with Gasteiger partial charge in [0.1, 0.15) is 5.82 Å². The number of piperidine rings is 1. The summed E-state index contributed by atoms with van der Waals surface area (Å²) in [5.74, 6) is 1.93. The molecule has 1 aromatic heterocycles. The first-order chi connectivity index (χ1) is 9.31. The van der Waals surface area contributed by atoms with Crippen molar-refractivity contribution in [3.63, 3.8) is 0 Å². The van der Waals surface area contributed by atoms with Crippen LogP contribution >= 0.6 is 0 Å². The van der Waals surface area contributed by atoms with Crippen LogP contribution in [0.25, 0.3) is 0 Å². The Morgan fingerprint density at radius 1 is 0.842 bits per heavy atom. The van der Waals surface area contributed by atoms with E-state index in [1.54, 1.807) is 0 Å². The Labute approximate surface area is 114 Å². The molecule has 3 heterocycles. The third-order valence-electron chi connectivity index (χ3n) is 3.89. The molecule has 2 aliphatic heterocycles. The standard InChI is InChI=1S/C13H22N6/c14-12-15-11(10-18-6-4-5-7-18)16-13(17-12)19-8-2-1-3-9-19/h1-10H2,(H2,14,15,16,17). The molecular weight excluding hydrogens is 240 g/mol. The lowest BCUT2D eigenvalue weighted by molar-refractivity contribution is 0.322. The molecule has 0 saturated carbocycles. The maximum absolute atomic E-state index is 5.83. The summed E-state index contributed by atoms with van der Waals surface area (Å²) in [4.78, 5) is 17.8. The zero-order valence-electron chi connectivity index (χ0n) is 11.4. The van der Waals surface area contributed by atoms with Crippen molar-refractivity contribution in [2.45, 2.75) is 38.6 Å². The second-order valence-corrected chi connectivity index (χ2v) is 5.44. The molecule has 6 heteroatoms. The lowest BCUT2D eigenvalue weighted by Crippen LogP contribution is -2.32. The number of anilines is 2. The lowest BCUT2D eigenvalue weighted by atomic mass is 10.1. The third kappa shape index (κ3) is 3.12. The van der Waals surface area contributed by atoms with Gasteiger partial charge in [0.05, 0.1) is 6.54 Å². The number of hydrogen-bond donors (Lipinski definition) is 1. The van der Waals surface area contributed by atoms with E-state index in [-0.39, 0.29) is 0 Å². The minimum atomic E-state index is 0.352. The van der Waals surface area contributed by atoms with Gasteiger partial charge in [0.25, 0.3) is 0 Å². The van der Waals surface area contributed by atoms with Crippen LogP contribution < -0.4 is 10.6 Å². The van der Waals surface area contributed by atoms with E-state index < -0.39 is 0 Å². The lowest BCUT2D eigenvalue weighted by Gasteiger charge is -2.27. The SMILES string of the molecule is Nc1nc(CN2CCCC2)nc(N2CCCCC2)n1. The molecule has 2 aliphatic rings. The molecular formula is C13H22N6. The van der Waals surface area contributed by atoms with Gasteiger partial charge in [-0.15, -0.1) is 0 Å². The van der Waals surface area contributed by atoms with Crippen molar-refractivity contribution in [3.05, 3.63) is 5.82 Å². The van der Waals surface area contributed by atoms with Crippen LogP contribution in [0.2, 0.25) is 0 Å². The molecule has 3 rings (SSSR count). The molecule has 104 valence electrons. The summed E-state index contributed by atoms with van der Waals surface area (Å²) in [5, 5.41) is 0. The Morgan fingerprint density at radius 3 is 2.26 bits per heavy atom. The third-order valence-corrected chi connectivity index (χ3v) is 3.89. The predicted octanol–water partition coefficient (Wildman–Crippen LogP) is 1.04. The van der Waals surface area contributed by atoms with Gasteiger partial charge in [0.2, 0.25) is 11.9 Å². The van der Waals surface area contributed by atoms with Crippen molar-refractivity contribution in [1.29, 1.82) is 0 Å². The summed E-state index contributed by atoms with van der Waals surface area (Å²) in [5.41, 5.74) is 5.83. The Bertz CT molecular complexity index is 423. The zero-order chi connectivity index (χ0) is 13.1. The van der Waals surface area contributed by atoms with Crippen LogP contribution in [0.3, 0.4) is 0 Å². The Morgan fingerprint density at radius 2 is 1.53 bits per heavy atom. The highest BCUT2D eigenvalue weighted by atomic mass is 15.3. The molecule has 0 aliphatic carbocycles. The molecule has 0 radical (unpaired) electrons. The van der Waals surface area contributed by atoms with Crippen LogP contribution in [0.5, 0.6) is 0 Å². The van der Waals surface area contributed by atoms with Crippen LogP contribution in [0.15, 0.2) is 0 Å². The first kappa shape index (κ1) is 12.6. The molecule has 2 saturated heterocycles. The Kier molecular flexibility index (Phi) is 3.77. The highest BCUT2D eigenvalue weighted by Crippen LogP contribution is 2.17.